The summed E-state index contributed by atoms with van der Waals surface area (Å²) in [5.41, 5.74) is -1.72. The average Bonchev–Trinajstić information content (AvgIpc) is 2.62. The minimum Gasteiger partial charge on any atom is -0.519 e. The zero-order chi connectivity index (χ0) is 24.9. The molecular weight excluding hydrogens is 539 g/mol. The Morgan fingerprint density at radius 1 is 1.31 bits per heavy atom. The monoisotopic (exact) mass is 574 g/mol. The van der Waals surface area contributed by atoms with Gasteiger partial charge in [0, 0.05) is 14.9 Å². The molecule has 6 nitrogen and oxygen atoms in total. The Labute approximate surface area is 205 Å². The molecule has 0 amide bonds. The second kappa shape index (κ2) is 8.51. The van der Waals surface area contributed by atoms with E-state index >= 15 is 0 Å². The van der Waals surface area contributed by atoms with E-state index in [1.54, 1.807) is 0 Å². The maximum atomic E-state index is 13.9. The molecule has 0 N–H and O–H groups in total. The molecule has 0 aromatic heterocycles. The summed E-state index contributed by atoms with van der Waals surface area (Å²) in [5.74, 6) is -1.22. The van der Waals surface area contributed by atoms with E-state index < -0.39 is 25.3 Å². The number of fused-ring (bicyclic) bond motifs is 1. The molecule has 1 saturated heterocycles. The van der Waals surface area contributed by atoms with E-state index in [-0.39, 0.29) is 40.4 Å². The number of hydrogen-bond acceptors (Lipinski definition) is 6. The maximum absolute atomic E-state index is 13.9. The largest absolute Gasteiger partial charge is 0.519 e. The van der Waals surface area contributed by atoms with Gasteiger partial charge in [0.05, 0.1) is 5.92 Å². The number of carbonyl (C=O) groups is 2. The molecule has 8 heteroatoms. The maximum Gasteiger partial charge on any atom is 0.373 e. The molecule has 1 spiro atoms. The molecule has 0 aromatic carbocycles. The van der Waals surface area contributed by atoms with Crippen molar-refractivity contribution in [1.29, 1.82) is 0 Å². The summed E-state index contributed by atoms with van der Waals surface area (Å²) in [6.45, 7) is 21.0. The molecule has 1 saturated carbocycles. The van der Waals surface area contributed by atoms with Crippen LogP contribution in [0.25, 0.3) is 0 Å². The van der Waals surface area contributed by atoms with Crippen LogP contribution in [0.4, 0.5) is 0 Å². The van der Waals surface area contributed by atoms with Crippen molar-refractivity contribution in [2.45, 2.75) is 78.1 Å². The molecule has 4 rings (SSSR count). The van der Waals surface area contributed by atoms with Crippen LogP contribution in [0.2, 0.25) is 18.1 Å². The van der Waals surface area contributed by atoms with Crippen molar-refractivity contribution < 1.29 is 28.3 Å². The smallest absolute Gasteiger partial charge is 0.373 e. The first-order chi connectivity index (χ1) is 14.5. The van der Waals surface area contributed by atoms with E-state index in [9.17, 15) is 9.59 Å². The van der Waals surface area contributed by atoms with Crippen LogP contribution < -0.4 is 0 Å². The Morgan fingerprint density at radius 3 is 2.31 bits per heavy atom. The minimum atomic E-state index is -2.34. The number of allylic oxidation sites excluding steroid dienone is 1. The molecule has 0 aromatic rings. The highest BCUT2D eigenvalue weighted by atomic mass is 127. The van der Waals surface area contributed by atoms with Crippen LogP contribution in [-0.4, -0.2) is 32.0 Å². The summed E-state index contributed by atoms with van der Waals surface area (Å²) in [5, 5.41) is -0.0951. The Bertz CT molecular complexity index is 879. The zero-order valence-corrected chi connectivity index (χ0v) is 23.5. The van der Waals surface area contributed by atoms with Gasteiger partial charge >= 0.3 is 18.1 Å². The first-order valence-electron chi connectivity index (χ1n) is 10.9. The molecule has 4 aliphatic rings. The quantitative estimate of drug-likeness (QED) is 0.193. The molecule has 2 bridgehead atoms. The van der Waals surface area contributed by atoms with E-state index in [0.29, 0.717) is 0 Å². The Kier molecular flexibility index (Phi) is 7.18. The zero-order valence-electron chi connectivity index (χ0n) is 20.3. The minimum absolute atomic E-state index is 0.0830. The lowest BCUT2D eigenvalue weighted by atomic mass is 9.46. The lowest BCUT2D eigenvalue weighted by Gasteiger charge is -2.64. The lowest BCUT2D eigenvalue weighted by Crippen LogP contribution is -2.70. The van der Waals surface area contributed by atoms with Crippen molar-refractivity contribution in [3.8, 4) is 0 Å². The topological polar surface area (TPSA) is 86.7 Å². The van der Waals surface area contributed by atoms with Crippen molar-refractivity contribution in [3.05, 3.63) is 22.3 Å². The van der Waals surface area contributed by atoms with Crippen molar-refractivity contribution in [2.24, 2.45) is 28.6 Å². The van der Waals surface area contributed by atoms with E-state index in [4.69, 9.17) is 18.8 Å². The molecule has 32 heavy (non-hydrogen) atoms. The SMILES string of the molecule is C=CC1(C)CC[C@H]2C(C)(C)[C@@H]3C=C(I)[C@]2(OC3=O)[C@H]1C(=O)O[Si](C)(C)C(C)(C)C.O=C=O. The molecule has 5 atom stereocenters. The first kappa shape index (κ1) is 27.0. The number of ether oxygens (including phenoxy) is 1. The summed E-state index contributed by atoms with van der Waals surface area (Å²) in [6, 6.07) is 0. The highest BCUT2D eigenvalue weighted by Gasteiger charge is 2.72. The van der Waals surface area contributed by atoms with Crippen LogP contribution in [0, 0.1) is 28.6 Å². The van der Waals surface area contributed by atoms with Crippen molar-refractivity contribution in [3.63, 3.8) is 0 Å². The van der Waals surface area contributed by atoms with Crippen molar-refractivity contribution in [1.82, 2.24) is 0 Å². The molecule has 178 valence electrons. The number of halogens is 1. The second-order valence-corrected chi connectivity index (χ2v) is 17.4. The fraction of sp³-hybridized carbons (Fsp3) is 0.708. The van der Waals surface area contributed by atoms with Gasteiger partial charge in [-0.2, -0.15) is 9.59 Å². The molecule has 2 heterocycles. The van der Waals surface area contributed by atoms with Gasteiger partial charge in [-0.1, -0.05) is 53.7 Å². The third-order valence-corrected chi connectivity index (χ3v) is 13.9. The molecule has 2 fully saturated rings. The Morgan fingerprint density at radius 2 is 1.84 bits per heavy atom. The van der Waals surface area contributed by atoms with Gasteiger partial charge in [0.2, 0.25) is 0 Å². The number of hydrogen-bond donors (Lipinski definition) is 0. The summed E-state index contributed by atoms with van der Waals surface area (Å²) >= 11 is 2.29. The van der Waals surface area contributed by atoms with Gasteiger partial charge in [0.1, 0.15) is 5.92 Å². The van der Waals surface area contributed by atoms with Gasteiger partial charge in [-0.05, 0) is 59.0 Å². The molecule has 1 unspecified atom stereocenters. The lowest BCUT2D eigenvalue weighted by molar-refractivity contribution is -0.230. The Balaban J connectivity index is 0.00000114. The summed E-state index contributed by atoms with van der Waals surface area (Å²) in [7, 11) is -2.34. The predicted octanol–water partition coefficient (Wildman–Crippen LogP) is 5.44. The number of rotatable bonds is 3. The molecule has 2 aliphatic carbocycles. The number of esters is 1. The van der Waals surface area contributed by atoms with Crippen LogP contribution in [0.3, 0.4) is 0 Å². The van der Waals surface area contributed by atoms with Crippen LogP contribution in [0.5, 0.6) is 0 Å². The number of carbonyl (C=O) groups excluding carboxylic acids is 4. The van der Waals surface area contributed by atoms with Crippen molar-refractivity contribution in [2.75, 3.05) is 0 Å². The summed E-state index contributed by atoms with van der Waals surface area (Å²) in [6.07, 6.45) is 5.88. The molecule has 0 radical (unpaired) electrons. The van der Waals surface area contributed by atoms with Crippen LogP contribution in [0.1, 0.15) is 54.4 Å². The third kappa shape index (κ3) is 3.96. The average molecular weight is 575 g/mol. The van der Waals surface area contributed by atoms with E-state index in [0.717, 1.165) is 16.4 Å². The van der Waals surface area contributed by atoms with Crippen LogP contribution >= 0.6 is 22.6 Å². The van der Waals surface area contributed by atoms with Gasteiger partial charge < -0.3 is 9.16 Å². The van der Waals surface area contributed by atoms with Gasteiger partial charge in [0.25, 0.3) is 8.32 Å². The van der Waals surface area contributed by atoms with E-state index in [1.807, 2.05) is 12.2 Å². The van der Waals surface area contributed by atoms with Crippen LogP contribution in [-0.2, 0) is 28.3 Å². The van der Waals surface area contributed by atoms with Gasteiger partial charge in [-0.15, -0.1) is 6.58 Å². The fourth-order valence-corrected chi connectivity index (χ4v) is 7.43. The fourth-order valence-electron chi connectivity index (χ4n) is 5.35. The summed E-state index contributed by atoms with van der Waals surface area (Å²) in [4.78, 5) is 43.1. The van der Waals surface area contributed by atoms with Gasteiger partial charge in [-0.25, -0.2) is 0 Å². The Hall–Kier alpha value is -1.25. The van der Waals surface area contributed by atoms with Crippen LogP contribution in [0.15, 0.2) is 22.3 Å². The first-order valence-corrected chi connectivity index (χ1v) is 14.9. The van der Waals surface area contributed by atoms with Crippen molar-refractivity contribution >= 4 is 49.0 Å². The summed E-state index contributed by atoms with van der Waals surface area (Å²) < 4.78 is 13.5. The van der Waals surface area contributed by atoms with Gasteiger partial charge in [-0.3, -0.25) is 9.59 Å². The highest BCUT2D eigenvalue weighted by molar-refractivity contribution is 14.1. The molecule has 2 aliphatic heterocycles. The molecular formula is C24H35IO6Si. The van der Waals surface area contributed by atoms with Gasteiger partial charge in [0.15, 0.2) is 5.60 Å². The standard InChI is InChI=1S/C23H35IO4Si.CO2/c1-10-22(7)12-11-15-21(5,6)14-13-16(24)23(15,27-18(14)25)17(22)19(26)28-29(8,9)20(2,3)4;2-1-3/h10,13-15,17H,1,11-12H2,2-9H3;/t14-,15+,17+,22?,23+;/m1./s1. The normalized spacial score (nSPS) is 35.2. The highest BCUT2D eigenvalue weighted by Crippen LogP contribution is 2.67. The third-order valence-electron chi connectivity index (χ3n) is 8.35. The second-order valence-electron chi connectivity index (χ2n) is 11.5. The predicted molar refractivity (Wildman–Crippen MR) is 131 cm³/mol. The van der Waals surface area contributed by atoms with E-state index in [2.05, 4.69) is 83.8 Å². The van der Waals surface area contributed by atoms with E-state index in [1.165, 1.54) is 0 Å².